The molecule has 0 spiro atoms. The lowest BCUT2D eigenvalue weighted by molar-refractivity contribution is -0.115. The molecule has 1 amide bonds. The van der Waals surface area contributed by atoms with Crippen LogP contribution in [0.3, 0.4) is 0 Å². The van der Waals surface area contributed by atoms with Gasteiger partial charge in [0.15, 0.2) is 10.3 Å². The summed E-state index contributed by atoms with van der Waals surface area (Å²) in [6.45, 7) is 6.06. The number of nitrogens with zero attached hydrogens (tertiary/aromatic N) is 3. The Labute approximate surface area is 153 Å². The Hall–Kier alpha value is -2.19. The van der Waals surface area contributed by atoms with E-state index < -0.39 is 5.25 Å². The molecule has 0 radical (unpaired) electrons. The van der Waals surface area contributed by atoms with Gasteiger partial charge in [0.2, 0.25) is 5.91 Å². The van der Waals surface area contributed by atoms with Crippen molar-refractivity contribution in [1.29, 1.82) is 0 Å². The summed E-state index contributed by atoms with van der Waals surface area (Å²) in [5.74, 6) is -0.163. The topological polar surface area (TPSA) is 76.9 Å². The van der Waals surface area contributed by atoms with Crippen molar-refractivity contribution < 1.29 is 4.79 Å². The SMILES string of the molecule is CCn1c(SC(C)C(=O)Nc2nc(C)cs2)nc2ccccc2c1=O. The monoisotopic (exact) mass is 374 g/mol. The number of hydrogen-bond donors (Lipinski definition) is 1. The number of benzene rings is 1. The lowest BCUT2D eigenvalue weighted by Gasteiger charge is -2.14. The molecule has 1 atom stereocenters. The highest BCUT2D eigenvalue weighted by Crippen LogP contribution is 2.24. The van der Waals surface area contributed by atoms with E-state index in [1.54, 1.807) is 17.6 Å². The van der Waals surface area contributed by atoms with Crippen LogP contribution < -0.4 is 10.9 Å². The molecule has 1 N–H and O–H groups in total. The quantitative estimate of drug-likeness (QED) is 0.548. The molecule has 3 aromatic rings. The van der Waals surface area contributed by atoms with Crippen molar-refractivity contribution in [1.82, 2.24) is 14.5 Å². The molecule has 25 heavy (non-hydrogen) atoms. The Morgan fingerprint density at radius 1 is 1.36 bits per heavy atom. The third-order valence-corrected chi connectivity index (χ3v) is 5.61. The van der Waals surface area contributed by atoms with Crippen molar-refractivity contribution in [2.24, 2.45) is 0 Å². The van der Waals surface area contributed by atoms with Crippen LogP contribution in [0.15, 0.2) is 39.6 Å². The van der Waals surface area contributed by atoms with Gasteiger partial charge >= 0.3 is 0 Å². The van der Waals surface area contributed by atoms with Crippen molar-refractivity contribution in [2.75, 3.05) is 5.32 Å². The first kappa shape index (κ1) is 17.6. The predicted molar refractivity (Wildman–Crippen MR) is 102 cm³/mol. The minimum atomic E-state index is -0.407. The van der Waals surface area contributed by atoms with E-state index in [0.717, 1.165) is 5.69 Å². The number of nitrogens with one attached hydrogen (secondary N) is 1. The van der Waals surface area contributed by atoms with Gasteiger partial charge in [-0.2, -0.15) is 0 Å². The Balaban J connectivity index is 1.86. The number of thioether (sulfide) groups is 1. The van der Waals surface area contributed by atoms with E-state index in [9.17, 15) is 9.59 Å². The number of amides is 1. The van der Waals surface area contributed by atoms with Gasteiger partial charge in [-0.15, -0.1) is 11.3 Å². The number of hydrogen-bond acceptors (Lipinski definition) is 6. The fourth-order valence-corrected chi connectivity index (χ4v) is 4.01. The van der Waals surface area contributed by atoms with Crippen LogP contribution in [0.25, 0.3) is 10.9 Å². The molecule has 3 rings (SSSR count). The summed E-state index contributed by atoms with van der Waals surface area (Å²) in [7, 11) is 0. The van der Waals surface area contributed by atoms with Gasteiger partial charge in [0, 0.05) is 11.9 Å². The lowest BCUT2D eigenvalue weighted by Crippen LogP contribution is -2.26. The van der Waals surface area contributed by atoms with Crippen molar-refractivity contribution in [2.45, 2.75) is 37.7 Å². The molecule has 1 unspecified atom stereocenters. The molecule has 1 aromatic carbocycles. The van der Waals surface area contributed by atoms with Crippen LogP contribution in [0.4, 0.5) is 5.13 Å². The summed E-state index contributed by atoms with van der Waals surface area (Å²) in [6, 6.07) is 7.25. The van der Waals surface area contributed by atoms with Crippen LogP contribution in [0.2, 0.25) is 0 Å². The largest absolute Gasteiger partial charge is 0.301 e. The summed E-state index contributed by atoms with van der Waals surface area (Å²) >= 11 is 2.67. The minimum absolute atomic E-state index is 0.0845. The standard InChI is InChI=1S/C17H18N4O2S2/c1-4-21-15(23)12-7-5-6-8-13(12)19-17(21)25-11(3)14(22)20-16-18-10(2)9-24-16/h5-9,11H,4H2,1-3H3,(H,18,20,22). The number of rotatable bonds is 5. The second kappa shape index (κ2) is 7.37. The second-order valence-electron chi connectivity index (χ2n) is 5.50. The average molecular weight is 374 g/mol. The molecule has 0 bridgehead atoms. The molecule has 0 saturated carbocycles. The van der Waals surface area contributed by atoms with Crippen LogP contribution in [-0.4, -0.2) is 25.7 Å². The molecule has 130 valence electrons. The summed E-state index contributed by atoms with van der Waals surface area (Å²) in [6.07, 6.45) is 0. The first-order chi connectivity index (χ1) is 12.0. The minimum Gasteiger partial charge on any atom is -0.301 e. The van der Waals surface area contributed by atoms with Gasteiger partial charge in [-0.25, -0.2) is 9.97 Å². The molecule has 0 aliphatic rings. The highest BCUT2D eigenvalue weighted by atomic mass is 32.2. The van der Waals surface area contributed by atoms with Gasteiger partial charge in [0.25, 0.3) is 5.56 Å². The summed E-state index contributed by atoms with van der Waals surface area (Å²) in [5.41, 5.74) is 1.43. The third-order valence-electron chi connectivity index (χ3n) is 3.64. The summed E-state index contributed by atoms with van der Waals surface area (Å²) in [5, 5.41) is 5.99. The van der Waals surface area contributed by atoms with E-state index in [1.165, 1.54) is 23.1 Å². The molecule has 0 saturated heterocycles. The molecule has 2 aromatic heterocycles. The van der Waals surface area contributed by atoms with Gasteiger partial charge in [0.05, 0.1) is 21.8 Å². The van der Waals surface area contributed by atoms with Crippen molar-refractivity contribution >= 4 is 45.0 Å². The molecular weight excluding hydrogens is 356 g/mol. The zero-order chi connectivity index (χ0) is 18.0. The number of carbonyl (C=O) groups excluding carboxylic acids is 1. The number of thiazole rings is 1. The molecule has 0 fully saturated rings. The Morgan fingerprint density at radius 3 is 2.80 bits per heavy atom. The van der Waals surface area contributed by atoms with Crippen molar-refractivity contribution in [3.8, 4) is 0 Å². The highest BCUT2D eigenvalue weighted by Gasteiger charge is 2.19. The van der Waals surface area contributed by atoms with Gasteiger partial charge in [-0.1, -0.05) is 23.9 Å². The normalized spacial score (nSPS) is 12.3. The number of anilines is 1. The van der Waals surface area contributed by atoms with E-state index >= 15 is 0 Å². The highest BCUT2D eigenvalue weighted by molar-refractivity contribution is 8.00. The number of aryl methyl sites for hydroxylation is 1. The maximum absolute atomic E-state index is 12.6. The number of carbonyl (C=O) groups is 1. The van der Waals surface area contributed by atoms with Crippen LogP contribution in [-0.2, 0) is 11.3 Å². The Morgan fingerprint density at radius 2 is 2.12 bits per heavy atom. The van der Waals surface area contributed by atoms with E-state index in [2.05, 4.69) is 15.3 Å². The molecule has 0 aliphatic carbocycles. The third kappa shape index (κ3) is 3.74. The number of fused-ring (bicyclic) bond motifs is 1. The second-order valence-corrected chi connectivity index (χ2v) is 7.67. The zero-order valence-corrected chi connectivity index (χ0v) is 15.8. The number of para-hydroxylation sites is 1. The van der Waals surface area contributed by atoms with E-state index in [-0.39, 0.29) is 11.5 Å². The fourth-order valence-electron chi connectivity index (χ4n) is 2.35. The van der Waals surface area contributed by atoms with E-state index in [1.807, 2.05) is 37.4 Å². The fraction of sp³-hybridized carbons (Fsp3) is 0.294. The Kier molecular flexibility index (Phi) is 5.19. The smallest absolute Gasteiger partial charge is 0.262 e. The molecule has 6 nitrogen and oxygen atoms in total. The maximum Gasteiger partial charge on any atom is 0.262 e. The van der Waals surface area contributed by atoms with E-state index in [4.69, 9.17) is 0 Å². The van der Waals surface area contributed by atoms with Gasteiger partial charge in [-0.3, -0.25) is 14.2 Å². The van der Waals surface area contributed by atoms with Gasteiger partial charge < -0.3 is 5.32 Å². The van der Waals surface area contributed by atoms with Crippen molar-refractivity contribution in [3.05, 3.63) is 45.7 Å². The molecule has 8 heteroatoms. The van der Waals surface area contributed by atoms with Crippen LogP contribution in [0.1, 0.15) is 19.5 Å². The van der Waals surface area contributed by atoms with Crippen LogP contribution in [0.5, 0.6) is 0 Å². The average Bonchev–Trinajstić information content (AvgIpc) is 3.00. The van der Waals surface area contributed by atoms with Crippen LogP contribution in [0, 0.1) is 6.92 Å². The van der Waals surface area contributed by atoms with Crippen LogP contribution >= 0.6 is 23.1 Å². The Bertz CT molecular complexity index is 980. The zero-order valence-electron chi connectivity index (χ0n) is 14.1. The first-order valence-electron chi connectivity index (χ1n) is 7.88. The van der Waals surface area contributed by atoms with Gasteiger partial charge in [-0.05, 0) is 32.9 Å². The van der Waals surface area contributed by atoms with Gasteiger partial charge in [0.1, 0.15) is 0 Å². The van der Waals surface area contributed by atoms with Crippen molar-refractivity contribution in [3.63, 3.8) is 0 Å². The summed E-state index contributed by atoms with van der Waals surface area (Å²) in [4.78, 5) is 33.8. The van der Waals surface area contributed by atoms with E-state index in [0.29, 0.717) is 27.7 Å². The molecular formula is C17H18N4O2S2. The lowest BCUT2D eigenvalue weighted by atomic mass is 10.2. The predicted octanol–water partition coefficient (Wildman–Crippen LogP) is 3.30. The molecule has 2 heterocycles. The maximum atomic E-state index is 12.6. The first-order valence-corrected chi connectivity index (χ1v) is 9.64. The number of aromatic nitrogens is 3. The molecule has 0 aliphatic heterocycles. The summed E-state index contributed by atoms with van der Waals surface area (Å²) < 4.78 is 1.60.